The molecular weight excluding hydrogens is 254 g/mol. The number of nitrogens with one attached hydrogen (secondary N) is 1. The molecular formula is C16H21NO3. The van der Waals surface area contributed by atoms with E-state index >= 15 is 0 Å². The van der Waals surface area contributed by atoms with E-state index in [0.29, 0.717) is 12.5 Å². The standard InChI is InChI=1S/C9H16O2.C7H5NO/c1-4-11-9(10)7-5-6-8(2)3;9-7-5-2-1-3-6(4-5)8-7/h5,7-8H,4,6H2,1-3H3;1-4H,(H,8,9). The third-order valence-corrected chi connectivity index (χ3v) is 2.53. The molecule has 0 radical (unpaired) electrons. The average molecular weight is 275 g/mol. The molecule has 0 saturated carbocycles. The molecule has 0 atom stereocenters. The Morgan fingerprint density at radius 1 is 1.40 bits per heavy atom. The first-order valence-electron chi connectivity index (χ1n) is 6.77. The molecule has 0 fully saturated rings. The first kappa shape index (κ1) is 16.0. The van der Waals surface area contributed by atoms with Crippen molar-refractivity contribution >= 4 is 17.6 Å². The molecule has 1 aromatic carbocycles. The van der Waals surface area contributed by atoms with Crippen LogP contribution in [0.15, 0.2) is 36.4 Å². The van der Waals surface area contributed by atoms with Crippen LogP contribution in [-0.4, -0.2) is 18.5 Å². The summed E-state index contributed by atoms with van der Waals surface area (Å²) in [6, 6.07) is 7.37. The lowest BCUT2D eigenvalue weighted by Gasteiger charge is -1.97. The van der Waals surface area contributed by atoms with Gasteiger partial charge in [0.15, 0.2) is 0 Å². The molecule has 1 aromatic rings. The molecule has 0 spiro atoms. The van der Waals surface area contributed by atoms with Crippen molar-refractivity contribution in [2.24, 2.45) is 5.92 Å². The van der Waals surface area contributed by atoms with Gasteiger partial charge < -0.3 is 10.1 Å². The van der Waals surface area contributed by atoms with Gasteiger partial charge in [-0.05, 0) is 37.5 Å². The molecule has 4 nitrogen and oxygen atoms in total. The lowest BCUT2D eigenvalue weighted by Crippen LogP contribution is -2.02. The van der Waals surface area contributed by atoms with Gasteiger partial charge in [0.1, 0.15) is 0 Å². The summed E-state index contributed by atoms with van der Waals surface area (Å²) >= 11 is 0. The van der Waals surface area contributed by atoms with Gasteiger partial charge in [-0.15, -0.1) is 0 Å². The Bertz CT molecular complexity index is 492. The predicted molar refractivity (Wildman–Crippen MR) is 79.6 cm³/mol. The molecule has 1 aliphatic heterocycles. The zero-order valence-corrected chi connectivity index (χ0v) is 12.2. The minimum absolute atomic E-state index is 0.00926. The summed E-state index contributed by atoms with van der Waals surface area (Å²) in [5.41, 5.74) is 1.66. The number of carbonyl (C=O) groups excluding carboxylic acids is 2. The summed E-state index contributed by atoms with van der Waals surface area (Å²) in [4.78, 5) is 21.5. The Hall–Kier alpha value is -2.10. The number of ether oxygens (including phenoxy) is 1. The van der Waals surface area contributed by atoms with Gasteiger partial charge in [0, 0.05) is 17.3 Å². The average Bonchev–Trinajstić information content (AvgIpc) is 2.63. The number of fused-ring (bicyclic) bond motifs is 2. The van der Waals surface area contributed by atoms with Crippen molar-refractivity contribution in [2.75, 3.05) is 11.9 Å². The molecule has 4 heteroatoms. The van der Waals surface area contributed by atoms with Gasteiger partial charge in [-0.2, -0.15) is 0 Å². The summed E-state index contributed by atoms with van der Waals surface area (Å²) in [6.07, 6.45) is 4.27. The number of carbonyl (C=O) groups is 2. The monoisotopic (exact) mass is 275 g/mol. The van der Waals surface area contributed by atoms with E-state index in [4.69, 9.17) is 4.74 Å². The van der Waals surface area contributed by atoms with Crippen LogP contribution in [0.1, 0.15) is 37.6 Å². The second kappa shape index (κ2) is 8.15. The number of hydrogen-bond acceptors (Lipinski definition) is 3. The van der Waals surface area contributed by atoms with E-state index in [9.17, 15) is 9.59 Å². The number of allylic oxidation sites excluding steroid dienone is 1. The summed E-state index contributed by atoms with van der Waals surface area (Å²) in [6.45, 7) is 6.46. The normalized spacial score (nSPS) is 12.1. The number of amides is 1. The van der Waals surface area contributed by atoms with Gasteiger partial charge >= 0.3 is 5.97 Å². The van der Waals surface area contributed by atoms with Gasteiger partial charge in [-0.3, -0.25) is 4.79 Å². The molecule has 1 amide bonds. The fraction of sp³-hybridized carbons (Fsp3) is 0.375. The molecule has 108 valence electrons. The summed E-state index contributed by atoms with van der Waals surface area (Å²) < 4.78 is 4.70. The van der Waals surface area contributed by atoms with Crippen LogP contribution in [0.5, 0.6) is 0 Å². The van der Waals surface area contributed by atoms with Crippen molar-refractivity contribution in [2.45, 2.75) is 27.2 Å². The quantitative estimate of drug-likeness (QED) is 0.676. The predicted octanol–water partition coefficient (Wildman–Crippen LogP) is 3.40. The van der Waals surface area contributed by atoms with Gasteiger partial charge in [0.25, 0.3) is 5.91 Å². The maximum atomic E-state index is 10.8. The van der Waals surface area contributed by atoms with E-state index in [1.54, 1.807) is 13.0 Å². The molecule has 2 bridgehead atoms. The van der Waals surface area contributed by atoms with Crippen molar-refractivity contribution in [3.8, 4) is 0 Å². The fourth-order valence-corrected chi connectivity index (χ4v) is 1.57. The minimum Gasteiger partial charge on any atom is -0.463 e. The van der Waals surface area contributed by atoms with Crippen molar-refractivity contribution in [3.63, 3.8) is 0 Å². The molecule has 0 saturated heterocycles. The first-order chi connectivity index (χ1) is 9.52. The van der Waals surface area contributed by atoms with Gasteiger partial charge in [0.2, 0.25) is 0 Å². The number of benzene rings is 1. The van der Waals surface area contributed by atoms with Crippen LogP contribution in [0.2, 0.25) is 0 Å². The molecule has 0 unspecified atom stereocenters. The summed E-state index contributed by atoms with van der Waals surface area (Å²) in [5.74, 6) is 0.365. The van der Waals surface area contributed by atoms with E-state index in [-0.39, 0.29) is 11.9 Å². The second-order valence-corrected chi connectivity index (χ2v) is 4.82. The minimum atomic E-state index is -0.242. The third kappa shape index (κ3) is 5.69. The Balaban J connectivity index is 0.000000202. The molecule has 1 N–H and O–H groups in total. The number of hydrogen-bond donors (Lipinski definition) is 1. The van der Waals surface area contributed by atoms with E-state index in [1.807, 2.05) is 24.3 Å². The van der Waals surface area contributed by atoms with Crippen LogP contribution >= 0.6 is 0 Å². The maximum absolute atomic E-state index is 10.8. The largest absolute Gasteiger partial charge is 0.463 e. The van der Waals surface area contributed by atoms with Crippen LogP contribution in [0.25, 0.3) is 0 Å². The highest BCUT2D eigenvalue weighted by atomic mass is 16.5. The third-order valence-electron chi connectivity index (χ3n) is 2.53. The molecule has 0 aromatic heterocycles. The zero-order chi connectivity index (χ0) is 15.0. The highest BCUT2D eigenvalue weighted by Crippen LogP contribution is 2.17. The Kier molecular flexibility index (Phi) is 6.50. The summed E-state index contributed by atoms with van der Waals surface area (Å²) in [7, 11) is 0. The lowest BCUT2D eigenvalue weighted by atomic mass is 10.1. The Labute approximate surface area is 119 Å². The van der Waals surface area contributed by atoms with E-state index in [1.165, 1.54) is 6.08 Å². The van der Waals surface area contributed by atoms with Gasteiger partial charge in [-0.25, -0.2) is 4.79 Å². The first-order valence-corrected chi connectivity index (χ1v) is 6.77. The van der Waals surface area contributed by atoms with Crippen molar-refractivity contribution in [1.29, 1.82) is 0 Å². The highest BCUT2D eigenvalue weighted by Gasteiger charge is 2.12. The van der Waals surface area contributed by atoms with Crippen molar-refractivity contribution < 1.29 is 14.3 Å². The number of rotatable bonds is 4. The lowest BCUT2D eigenvalue weighted by molar-refractivity contribution is -0.137. The van der Waals surface area contributed by atoms with Crippen LogP contribution in [0.3, 0.4) is 0 Å². The van der Waals surface area contributed by atoms with Crippen molar-refractivity contribution in [1.82, 2.24) is 0 Å². The fourth-order valence-electron chi connectivity index (χ4n) is 1.57. The van der Waals surface area contributed by atoms with Crippen LogP contribution in [-0.2, 0) is 9.53 Å². The number of esters is 1. The molecule has 1 aliphatic rings. The summed E-state index contributed by atoms with van der Waals surface area (Å²) in [5, 5.41) is 2.68. The second-order valence-electron chi connectivity index (χ2n) is 4.82. The van der Waals surface area contributed by atoms with Crippen molar-refractivity contribution in [3.05, 3.63) is 42.0 Å². The Morgan fingerprint density at radius 3 is 2.70 bits per heavy atom. The zero-order valence-electron chi connectivity index (χ0n) is 12.2. The molecule has 20 heavy (non-hydrogen) atoms. The van der Waals surface area contributed by atoms with E-state index in [2.05, 4.69) is 19.2 Å². The van der Waals surface area contributed by atoms with E-state index in [0.717, 1.165) is 17.7 Å². The van der Waals surface area contributed by atoms with Gasteiger partial charge in [-0.1, -0.05) is 26.0 Å². The smallest absolute Gasteiger partial charge is 0.330 e. The van der Waals surface area contributed by atoms with Gasteiger partial charge in [0.05, 0.1) is 6.61 Å². The molecule has 0 aliphatic carbocycles. The maximum Gasteiger partial charge on any atom is 0.330 e. The van der Waals surface area contributed by atoms with Crippen LogP contribution < -0.4 is 5.32 Å². The van der Waals surface area contributed by atoms with Crippen LogP contribution in [0.4, 0.5) is 5.69 Å². The highest BCUT2D eigenvalue weighted by molar-refractivity contribution is 6.09. The van der Waals surface area contributed by atoms with Crippen LogP contribution in [0, 0.1) is 5.92 Å². The molecule has 1 heterocycles. The Morgan fingerprint density at radius 2 is 2.15 bits per heavy atom. The SMILES string of the molecule is CCOC(=O)C=CCC(C)C.O=C1Nc2cccc1c2. The topological polar surface area (TPSA) is 55.4 Å². The molecule has 2 rings (SSSR count). The van der Waals surface area contributed by atoms with E-state index < -0.39 is 0 Å². The number of anilines is 1.